The van der Waals surface area contributed by atoms with Crippen molar-refractivity contribution in [2.75, 3.05) is 13.2 Å². The molecule has 1 aliphatic heterocycles. The predicted octanol–water partition coefficient (Wildman–Crippen LogP) is 3.20. The maximum absolute atomic E-state index is 5.91. The lowest BCUT2D eigenvalue weighted by Gasteiger charge is -2.23. The van der Waals surface area contributed by atoms with Gasteiger partial charge in [-0.15, -0.1) is 0 Å². The molecule has 0 radical (unpaired) electrons. The number of ether oxygens (including phenoxy) is 2. The minimum atomic E-state index is 0.339. The lowest BCUT2D eigenvalue weighted by molar-refractivity contribution is 0.0255. The van der Waals surface area contributed by atoms with Gasteiger partial charge in [-0.25, -0.2) is 0 Å². The molecule has 0 aromatic heterocycles. The van der Waals surface area contributed by atoms with E-state index in [1.54, 1.807) is 0 Å². The van der Waals surface area contributed by atoms with Crippen LogP contribution in [0.2, 0.25) is 0 Å². The fraction of sp³-hybridized carbons (Fsp3) is 0.571. The highest BCUT2D eigenvalue weighted by Gasteiger charge is 2.14. The minimum Gasteiger partial charge on any atom is -0.490 e. The van der Waals surface area contributed by atoms with Gasteiger partial charge in [0.25, 0.3) is 0 Å². The lowest BCUT2D eigenvalue weighted by atomic mass is 10.1. The first kappa shape index (κ1) is 11.5. The summed E-state index contributed by atoms with van der Waals surface area (Å²) >= 11 is 0. The minimum absolute atomic E-state index is 0.339. The van der Waals surface area contributed by atoms with Crippen molar-refractivity contribution in [1.82, 2.24) is 0 Å². The van der Waals surface area contributed by atoms with Crippen molar-refractivity contribution in [2.45, 2.75) is 38.7 Å². The molecule has 1 heterocycles. The molecule has 0 N–H and O–H groups in total. The van der Waals surface area contributed by atoms with E-state index in [1.807, 2.05) is 0 Å². The van der Waals surface area contributed by atoms with Crippen molar-refractivity contribution < 1.29 is 9.47 Å². The molecule has 88 valence electrons. The van der Waals surface area contributed by atoms with Gasteiger partial charge in [0, 0.05) is 12.8 Å². The molecular formula is C14H20O2. The van der Waals surface area contributed by atoms with E-state index >= 15 is 0 Å². The first-order valence-electron chi connectivity index (χ1n) is 6.22. The summed E-state index contributed by atoms with van der Waals surface area (Å²) < 4.78 is 11.2. The lowest BCUT2D eigenvalue weighted by Crippen LogP contribution is -2.25. The van der Waals surface area contributed by atoms with Gasteiger partial charge in [0.1, 0.15) is 11.9 Å². The Bertz CT molecular complexity index is 299. The van der Waals surface area contributed by atoms with Gasteiger partial charge in [0.15, 0.2) is 0 Å². The summed E-state index contributed by atoms with van der Waals surface area (Å²) in [5.41, 5.74) is 1.39. The van der Waals surface area contributed by atoms with Gasteiger partial charge in [-0.05, 0) is 24.1 Å². The molecule has 1 aromatic rings. The van der Waals surface area contributed by atoms with Crippen LogP contribution in [0.15, 0.2) is 24.3 Å². The van der Waals surface area contributed by atoms with E-state index < -0.39 is 0 Å². The summed E-state index contributed by atoms with van der Waals surface area (Å²) in [5.74, 6) is 0.992. The monoisotopic (exact) mass is 220 g/mol. The van der Waals surface area contributed by atoms with Crippen LogP contribution in [-0.2, 0) is 11.2 Å². The highest BCUT2D eigenvalue weighted by atomic mass is 16.5. The Morgan fingerprint density at radius 3 is 2.50 bits per heavy atom. The van der Waals surface area contributed by atoms with Crippen LogP contribution >= 0.6 is 0 Å². The standard InChI is InChI=1S/C14H20O2/c1-2-3-12-4-6-13(7-5-12)16-14-8-10-15-11-9-14/h4-7,14H,2-3,8-11H2,1H3. The average Bonchev–Trinajstić information content (AvgIpc) is 2.33. The highest BCUT2D eigenvalue weighted by Crippen LogP contribution is 2.18. The van der Waals surface area contributed by atoms with Crippen molar-refractivity contribution in [3.05, 3.63) is 29.8 Å². The van der Waals surface area contributed by atoms with Gasteiger partial charge in [0.05, 0.1) is 13.2 Å². The molecule has 1 fully saturated rings. The summed E-state index contributed by atoms with van der Waals surface area (Å²) in [7, 11) is 0. The summed E-state index contributed by atoms with van der Waals surface area (Å²) in [6, 6.07) is 8.50. The molecule has 0 unspecified atom stereocenters. The molecule has 2 nitrogen and oxygen atoms in total. The zero-order valence-corrected chi connectivity index (χ0v) is 9.95. The Balaban J connectivity index is 1.88. The molecule has 2 rings (SSSR count). The summed E-state index contributed by atoms with van der Waals surface area (Å²) in [4.78, 5) is 0. The summed E-state index contributed by atoms with van der Waals surface area (Å²) in [6.07, 6.45) is 4.70. The third-order valence-electron chi connectivity index (χ3n) is 2.93. The molecule has 1 aliphatic rings. The third-order valence-corrected chi connectivity index (χ3v) is 2.93. The first-order valence-corrected chi connectivity index (χ1v) is 6.22. The molecule has 1 saturated heterocycles. The maximum atomic E-state index is 5.91. The van der Waals surface area contributed by atoms with Crippen LogP contribution in [0, 0.1) is 0 Å². The maximum Gasteiger partial charge on any atom is 0.119 e. The third kappa shape index (κ3) is 3.24. The van der Waals surface area contributed by atoms with E-state index in [1.165, 1.54) is 12.0 Å². The Hall–Kier alpha value is -1.02. The summed E-state index contributed by atoms with van der Waals surface area (Å²) in [5, 5.41) is 0. The normalized spacial score (nSPS) is 17.3. The van der Waals surface area contributed by atoms with Crippen molar-refractivity contribution >= 4 is 0 Å². The number of hydrogen-bond acceptors (Lipinski definition) is 2. The van der Waals surface area contributed by atoms with E-state index in [4.69, 9.17) is 9.47 Å². The topological polar surface area (TPSA) is 18.5 Å². The summed E-state index contributed by atoms with van der Waals surface area (Å²) in [6.45, 7) is 3.86. The molecule has 0 atom stereocenters. The fourth-order valence-electron chi connectivity index (χ4n) is 2.01. The van der Waals surface area contributed by atoms with E-state index in [2.05, 4.69) is 31.2 Å². The van der Waals surface area contributed by atoms with Gasteiger partial charge in [-0.2, -0.15) is 0 Å². The van der Waals surface area contributed by atoms with Crippen LogP contribution in [-0.4, -0.2) is 19.3 Å². The van der Waals surface area contributed by atoms with E-state index in [-0.39, 0.29) is 0 Å². The van der Waals surface area contributed by atoms with Crippen LogP contribution in [0.25, 0.3) is 0 Å². The van der Waals surface area contributed by atoms with Gasteiger partial charge in [-0.1, -0.05) is 25.5 Å². The zero-order valence-electron chi connectivity index (χ0n) is 9.95. The molecule has 0 amide bonds. The number of rotatable bonds is 4. The van der Waals surface area contributed by atoms with E-state index in [9.17, 15) is 0 Å². The molecular weight excluding hydrogens is 200 g/mol. The Labute approximate surface area is 97.6 Å². The quantitative estimate of drug-likeness (QED) is 0.775. The molecule has 16 heavy (non-hydrogen) atoms. The van der Waals surface area contributed by atoms with Crippen LogP contribution in [0.1, 0.15) is 31.7 Å². The Kier molecular flexibility index (Phi) is 4.23. The zero-order chi connectivity index (χ0) is 11.2. The van der Waals surface area contributed by atoms with Crippen LogP contribution in [0.4, 0.5) is 0 Å². The van der Waals surface area contributed by atoms with Gasteiger partial charge >= 0.3 is 0 Å². The van der Waals surface area contributed by atoms with E-state index in [0.29, 0.717) is 6.10 Å². The van der Waals surface area contributed by atoms with Gasteiger partial charge in [0.2, 0.25) is 0 Å². The van der Waals surface area contributed by atoms with Crippen LogP contribution in [0.5, 0.6) is 5.75 Å². The Morgan fingerprint density at radius 1 is 1.19 bits per heavy atom. The first-order chi connectivity index (χ1) is 7.88. The van der Waals surface area contributed by atoms with Crippen molar-refractivity contribution in [1.29, 1.82) is 0 Å². The SMILES string of the molecule is CCCc1ccc(OC2CCOCC2)cc1. The molecule has 0 spiro atoms. The van der Waals surface area contributed by atoms with E-state index in [0.717, 1.165) is 38.2 Å². The van der Waals surface area contributed by atoms with Crippen molar-refractivity contribution in [3.8, 4) is 5.75 Å². The molecule has 2 heteroatoms. The fourth-order valence-corrected chi connectivity index (χ4v) is 2.01. The molecule has 1 aromatic carbocycles. The van der Waals surface area contributed by atoms with Crippen LogP contribution in [0.3, 0.4) is 0 Å². The van der Waals surface area contributed by atoms with Crippen molar-refractivity contribution in [2.24, 2.45) is 0 Å². The number of benzene rings is 1. The molecule has 0 aliphatic carbocycles. The van der Waals surface area contributed by atoms with Gasteiger partial charge < -0.3 is 9.47 Å². The smallest absolute Gasteiger partial charge is 0.119 e. The second-order valence-corrected chi connectivity index (χ2v) is 4.32. The second kappa shape index (κ2) is 5.90. The number of hydrogen-bond donors (Lipinski definition) is 0. The number of aryl methyl sites for hydroxylation is 1. The Morgan fingerprint density at radius 2 is 1.88 bits per heavy atom. The second-order valence-electron chi connectivity index (χ2n) is 4.32. The highest BCUT2D eigenvalue weighted by molar-refractivity contribution is 5.27. The van der Waals surface area contributed by atoms with Gasteiger partial charge in [-0.3, -0.25) is 0 Å². The van der Waals surface area contributed by atoms with Crippen molar-refractivity contribution in [3.63, 3.8) is 0 Å². The average molecular weight is 220 g/mol. The largest absolute Gasteiger partial charge is 0.490 e. The predicted molar refractivity (Wildman–Crippen MR) is 64.9 cm³/mol. The molecule has 0 bridgehead atoms. The van der Waals surface area contributed by atoms with Crippen LogP contribution < -0.4 is 4.74 Å². The molecule has 0 saturated carbocycles.